The lowest BCUT2D eigenvalue weighted by molar-refractivity contribution is 0.413. The number of anilines is 1. The smallest absolute Gasteiger partial charge is 0.179 e. The topological polar surface area (TPSA) is 48.1 Å². The summed E-state index contributed by atoms with van der Waals surface area (Å²) < 4.78 is 9.09. The molecular formula is C7H12N2OS. The lowest BCUT2D eigenvalue weighted by Crippen LogP contribution is -1.91. The second-order valence-electron chi connectivity index (χ2n) is 2.27. The normalized spacial score (nSPS) is 10.0. The Morgan fingerprint density at radius 3 is 2.91 bits per heavy atom. The summed E-state index contributed by atoms with van der Waals surface area (Å²) in [7, 11) is 1.62. The van der Waals surface area contributed by atoms with Gasteiger partial charge in [-0.05, 0) is 18.0 Å². The van der Waals surface area contributed by atoms with Crippen LogP contribution >= 0.6 is 11.5 Å². The molecule has 62 valence electrons. The maximum atomic E-state index is 5.56. The number of rotatable bonds is 3. The van der Waals surface area contributed by atoms with E-state index in [9.17, 15) is 0 Å². The summed E-state index contributed by atoms with van der Waals surface area (Å²) in [6.45, 7) is 2.12. The minimum atomic E-state index is 0.515. The van der Waals surface area contributed by atoms with Crippen molar-refractivity contribution in [1.29, 1.82) is 0 Å². The number of hydrogen-bond acceptors (Lipinski definition) is 4. The van der Waals surface area contributed by atoms with E-state index in [1.54, 1.807) is 7.11 Å². The van der Waals surface area contributed by atoms with Crippen LogP contribution in [-0.2, 0) is 6.42 Å². The van der Waals surface area contributed by atoms with Crippen LogP contribution in [0.4, 0.5) is 5.82 Å². The zero-order valence-electron chi connectivity index (χ0n) is 6.76. The van der Waals surface area contributed by atoms with Crippen molar-refractivity contribution in [2.24, 2.45) is 0 Å². The van der Waals surface area contributed by atoms with Crippen LogP contribution in [0.3, 0.4) is 0 Å². The first-order chi connectivity index (χ1) is 5.29. The summed E-state index contributed by atoms with van der Waals surface area (Å²) in [6.07, 6.45) is 2.09. The zero-order valence-corrected chi connectivity index (χ0v) is 7.57. The molecule has 0 atom stereocenters. The SMILES string of the molecule is CCCc1snc(N)c1OC. The first kappa shape index (κ1) is 8.33. The second kappa shape index (κ2) is 3.57. The van der Waals surface area contributed by atoms with Gasteiger partial charge in [-0.15, -0.1) is 0 Å². The van der Waals surface area contributed by atoms with Crippen LogP contribution in [0.15, 0.2) is 0 Å². The largest absolute Gasteiger partial charge is 0.492 e. The Balaban J connectivity index is 2.86. The third-order valence-electron chi connectivity index (χ3n) is 1.42. The highest BCUT2D eigenvalue weighted by Crippen LogP contribution is 2.29. The molecule has 0 aliphatic heterocycles. The summed E-state index contributed by atoms with van der Waals surface area (Å²) in [5.74, 6) is 1.28. The van der Waals surface area contributed by atoms with Gasteiger partial charge >= 0.3 is 0 Å². The first-order valence-corrected chi connectivity index (χ1v) is 4.35. The van der Waals surface area contributed by atoms with E-state index < -0.39 is 0 Å². The van der Waals surface area contributed by atoms with Crippen molar-refractivity contribution in [3.63, 3.8) is 0 Å². The molecule has 4 heteroatoms. The van der Waals surface area contributed by atoms with E-state index in [2.05, 4.69) is 11.3 Å². The molecular weight excluding hydrogens is 160 g/mol. The van der Waals surface area contributed by atoms with E-state index in [1.807, 2.05) is 0 Å². The molecule has 1 aromatic rings. The van der Waals surface area contributed by atoms with Crippen molar-refractivity contribution in [3.8, 4) is 5.75 Å². The van der Waals surface area contributed by atoms with E-state index >= 15 is 0 Å². The fourth-order valence-electron chi connectivity index (χ4n) is 0.935. The molecule has 3 nitrogen and oxygen atoms in total. The van der Waals surface area contributed by atoms with Gasteiger partial charge in [0.1, 0.15) is 0 Å². The highest BCUT2D eigenvalue weighted by molar-refractivity contribution is 7.06. The third-order valence-corrected chi connectivity index (χ3v) is 2.32. The van der Waals surface area contributed by atoms with Crippen molar-refractivity contribution in [3.05, 3.63) is 4.88 Å². The Kier molecular flexibility index (Phi) is 2.70. The number of methoxy groups -OCH3 is 1. The van der Waals surface area contributed by atoms with Gasteiger partial charge in [-0.25, -0.2) is 0 Å². The number of aromatic nitrogens is 1. The molecule has 0 fully saturated rings. The molecule has 0 unspecified atom stereocenters. The third kappa shape index (κ3) is 1.63. The molecule has 0 amide bonds. The van der Waals surface area contributed by atoms with Gasteiger partial charge in [0.2, 0.25) is 0 Å². The first-order valence-electron chi connectivity index (χ1n) is 3.57. The Morgan fingerprint density at radius 1 is 1.64 bits per heavy atom. The van der Waals surface area contributed by atoms with E-state index in [0.717, 1.165) is 23.5 Å². The molecule has 0 saturated carbocycles. The summed E-state index contributed by atoms with van der Waals surface area (Å²) in [5, 5.41) is 0. The lowest BCUT2D eigenvalue weighted by Gasteiger charge is -1.99. The van der Waals surface area contributed by atoms with Crippen LogP contribution < -0.4 is 10.5 Å². The minimum absolute atomic E-state index is 0.515. The van der Waals surface area contributed by atoms with Crippen molar-refractivity contribution in [1.82, 2.24) is 4.37 Å². The molecule has 0 saturated heterocycles. The average molecular weight is 172 g/mol. The fourth-order valence-corrected chi connectivity index (χ4v) is 1.79. The number of hydrogen-bond donors (Lipinski definition) is 1. The molecule has 0 aromatic carbocycles. The fraction of sp³-hybridized carbons (Fsp3) is 0.571. The van der Waals surface area contributed by atoms with Crippen molar-refractivity contribution in [2.75, 3.05) is 12.8 Å². The molecule has 11 heavy (non-hydrogen) atoms. The molecule has 0 aliphatic carbocycles. The Labute approximate surface area is 70.3 Å². The van der Waals surface area contributed by atoms with Gasteiger partial charge in [0.05, 0.1) is 12.0 Å². The van der Waals surface area contributed by atoms with Crippen LogP contribution in [0.1, 0.15) is 18.2 Å². The number of aryl methyl sites for hydroxylation is 1. The van der Waals surface area contributed by atoms with Crippen molar-refractivity contribution < 1.29 is 4.74 Å². The molecule has 2 N–H and O–H groups in total. The number of nitrogen functional groups attached to an aromatic ring is 1. The summed E-state index contributed by atoms with van der Waals surface area (Å²) >= 11 is 1.43. The maximum absolute atomic E-state index is 5.56. The Bertz CT molecular complexity index is 234. The number of ether oxygens (including phenoxy) is 1. The van der Waals surface area contributed by atoms with Gasteiger partial charge in [-0.3, -0.25) is 0 Å². The van der Waals surface area contributed by atoms with E-state index in [0.29, 0.717) is 5.82 Å². The van der Waals surface area contributed by atoms with E-state index in [4.69, 9.17) is 10.5 Å². The summed E-state index contributed by atoms with van der Waals surface area (Å²) in [4.78, 5) is 1.15. The molecule has 0 bridgehead atoms. The second-order valence-corrected chi connectivity index (χ2v) is 3.13. The summed E-state index contributed by atoms with van der Waals surface area (Å²) in [5.41, 5.74) is 5.56. The van der Waals surface area contributed by atoms with Gasteiger partial charge in [-0.1, -0.05) is 13.3 Å². The van der Waals surface area contributed by atoms with Gasteiger partial charge in [0.15, 0.2) is 11.6 Å². The summed E-state index contributed by atoms with van der Waals surface area (Å²) in [6, 6.07) is 0. The molecule has 0 spiro atoms. The van der Waals surface area contributed by atoms with Gasteiger partial charge < -0.3 is 10.5 Å². The van der Waals surface area contributed by atoms with Gasteiger partial charge in [-0.2, -0.15) is 4.37 Å². The van der Waals surface area contributed by atoms with Gasteiger partial charge in [0, 0.05) is 0 Å². The quantitative estimate of drug-likeness (QED) is 0.754. The van der Waals surface area contributed by atoms with E-state index in [-0.39, 0.29) is 0 Å². The number of nitrogens with zero attached hydrogens (tertiary/aromatic N) is 1. The van der Waals surface area contributed by atoms with Crippen LogP contribution in [0.2, 0.25) is 0 Å². The van der Waals surface area contributed by atoms with Crippen molar-refractivity contribution >= 4 is 17.4 Å². The van der Waals surface area contributed by atoms with Crippen LogP contribution in [0, 0.1) is 0 Å². The van der Waals surface area contributed by atoms with Crippen LogP contribution in [0.5, 0.6) is 5.75 Å². The average Bonchev–Trinajstić information content (AvgIpc) is 2.33. The van der Waals surface area contributed by atoms with Crippen LogP contribution in [0.25, 0.3) is 0 Å². The van der Waals surface area contributed by atoms with Crippen LogP contribution in [-0.4, -0.2) is 11.5 Å². The monoisotopic (exact) mass is 172 g/mol. The standard InChI is InChI=1S/C7H12N2OS/c1-3-4-5-6(10-2)7(8)9-11-5/h3-4H2,1-2H3,(H2,8,9). The van der Waals surface area contributed by atoms with Crippen molar-refractivity contribution in [2.45, 2.75) is 19.8 Å². The number of nitrogens with two attached hydrogens (primary N) is 1. The zero-order chi connectivity index (χ0) is 8.27. The Hall–Kier alpha value is -0.770. The van der Waals surface area contributed by atoms with E-state index in [1.165, 1.54) is 11.5 Å². The lowest BCUT2D eigenvalue weighted by atomic mass is 10.3. The molecule has 0 aliphatic rings. The molecule has 1 rings (SSSR count). The molecule has 1 heterocycles. The maximum Gasteiger partial charge on any atom is 0.179 e. The Morgan fingerprint density at radius 2 is 2.36 bits per heavy atom. The predicted molar refractivity (Wildman–Crippen MR) is 47.1 cm³/mol. The molecule has 1 aromatic heterocycles. The highest BCUT2D eigenvalue weighted by Gasteiger charge is 2.09. The highest BCUT2D eigenvalue weighted by atomic mass is 32.1. The molecule has 0 radical (unpaired) electrons. The predicted octanol–water partition coefficient (Wildman–Crippen LogP) is 1.69. The van der Waals surface area contributed by atoms with Gasteiger partial charge in [0.25, 0.3) is 0 Å². The minimum Gasteiger partial charge on any atom is -0.492 e.